The third kappa shape index (κ3) is 3.71. The quantitative estimate of drug-likeness (QED) is 0.461. The number of hydrogen-bond donors (Lipinski definition) is 1. The van der Waals surface area contributed by atoms with Crippen molar-refractivity contribution < 1.29 is 19.2 Å². The fraction of sp³-hybridized carbons (Fsp3) is 0.368. The predicted molar refractivity (Wildman–Crippen MR) is 103 cm³/mol. The Balaban J connectivity index is 2.01. The van der Waals surface area contributed by atoms with Crippen molar-refractivity contribution in [2.45, 2.75) is 39.0 Å². The summed E-state index contributed by atoms with van der Waals surface area (Å²) in [5.74, 6) is -0.887. The molecule has 0 bridgehead atoms. The number of para-hydroxylation sites is 1. The van der Waals surface area contributed by atoms with Gasteiger partial charge in [0.05, 0.1) is 17.1 Å². The highest BCUT2D eigenvalue weighted by Crippen LogP contribution is 2.44. The third-order valence-electron chi connectivity index (χ3n) is 4.61. The number of esters is 1. The highest BCUT2D eigenvalue weighted by Gasteiger charge is 2.31. The standard InChI is InChI=1S/C19H20N2O5S/c1-3-26-19(23)16-15-11(2)7-6-10-14(15)27-18(16)20-17(22)12-8-4-5-9-13(12)21(24)25/h4-5,8-9,11H,3,6-7,10H2,1-2H3,(H,20,22). The highest BCUT2D eigenvalue weighted by atomic mass is 32.1. The maximum atomic E-state index is 12.7. The number of nitrogens with one attached hydrogen (secondary N) is 1. The fourth-order valence-electron chi connectivity index (χ4n) is 3.40. The van der Waals surface area contributed by atoms with Gasteiger partial charge in [0, 0.05) is 10.9 Å². The van der Waals surface area contributed by atoms with E-state index in [0.29, 0.717) is 10.6 Å². The summed E-state index contributed by atoms with van der Waals surface area (Å²) in [5.41, 5.74) is 0.998. The first kappa shape index (κ1) is 19.0. The molecule has 8 heteroatoms. The molecule has 3 rings (SSSR count). The number of carbonyl (C=O) groups is 2. The van der Waals surface area contributed by atoms with Crippen LogP contribution in [0, 0.1) is 10.1 Å². The van der Waals surface area contributed by atoms with E-state index in [1.54, 1.807) is 13.0 Å². The van der Waals surface area contributed by atoms with E-state index in [-0.39, 0.29) is 23.8 Å². The van der Waals surface area contributed by atoms with E-state index in [1.165, 1.54) is 29.5 Å². The maximum absolute atomic E-state index is 12.7. The Morgan fingerprint density at radius 1 is 1.37 bits per heavy atom. The first-order valence-corrected chi connectivity index (χ1v) is 9.63. The Bertz CT molecular complexity index is 906. The first-order chi connectivity index (χ1) is 12.9. The summed E-state index contributed by atoms with van der Waals surface area (Å²) in [6.45, 7) is 4.02. The van der Waals surface area contributed by atoms with Crippen LogP contribution in [-0.2, 0) is 11.2 Å². The summed E-state index contributed by atoms with van der Waals surface area (Å²) >= 11 is 1.35. The Morgan fingerprint density at radius 2 is 2.11 bits per heavy atom. The van der Waals surface area contributed by atoms with Gasteiger partial charge in [-0.05, 0) is 43.7 Å². The van der Waals surface area contributed by atoms with Gasteiger partial charge in [-0.1, -0.05) is 19.1 Å². The van der Waals surface area contributed by atoms with Crippen molar-refractivity contribution in [1.29, 1.82) is 0 Å². The topological polar surface area (TPSA) is 98.5 Å². The van der Waals surface area contributed by atoms with Gasteiger partial charge in [-0.25, -0.2) is 4.79 Å². The zero-order chi connectivity index (χ0) is 19.6. The molecule has 1 atom stereocenters. The number of anilines is 1. The van der Waals surface area contributed by atoms with Crippen LogP contribution in [0.25, 0.3) is 0 Å². The molecule has 1 aromatic carbocycles. The van der Waals surface area contributed by atoms with Crippen molar-refractivity contribution in [3.63, 3.8) is 0 Å². The van der Waals surface area contributed by atoms with Crippen molar-refractivity contribution in [1.82, 2.24) is 0 Å². The Labute approximate surface area is 160 Å². The van der Waals surface area contributed by atoms with E-state index in [1.807, 2.05) is 0 Å². The molecule has 0 fully saturated rings. The summed E-state index contributed by atoms with van der Waals surface area (Å²) in [6, 6.07) is 5.75. The van der Waals surface area contributed by atoms with Crippen molar-refractivity contribution in [2.75, 3.05) is 11.9 Å². The minimum absolute atomic E-state index is 0.0447. The van der Waals surface area contributed by atoms with Crippen LogP contribution in [0.4, 0.5) is 10.7 Å². The van der Waals surface area contributed by atoms with E-state index < -0.39 is 16.8 Å². The summed E-state index contributed by atoms with van der Waals surface area (Å²) in [4.78, 5) is 36.9. The molecule has 0 saturated heterocycles. The third-order valence-corrected chi connectivity index (χ3v) is 5.79. The van der Waals surface area contributed by atoms with E-state index in [4.69, 9.17) is 4.74 Å². The molecule has 0 spiro atoms. The number of aryl methyl sites for hydroxylation is 1. The lowest BCUT2D eigenvalue weighted by atomic mass is 9.86. The van der Waals surface area contributed by atoms with Crippen molar-refractivity contribution in [3.05, 3.63) is 55.9 Å². The lowest BCUT2D eigenvalue weighted by molar-refractivity contribution is -0.385. The number of ether oxygens (including phenoxy) is 1. The van der Waals surface area contributed by atoms with Crippen LogP contribution in [0.1, 0.15) is 63.8 Å². The van der Waals surface area contributed by atoms with Crippen molar-refractivity contribution >= 4 is 33.9 Å². The molecule has 1 unspecified atom stereocenters. The Kier molecular flexibility index (Phi) is 5.55. The number of nitrogens with zero attached hydrogens (tertiary/aromatic N) is 1. The van der Waals surface area contributed by atoms with Gasteiger partial charge in [0.1, 0.15) is 10.6 Å². The molecule has 7 nitrogen and oxygen atoms in total. The number of fused-ring (bicyclic) bond motifs is 1. The zero-order valence-electron chi connectivity index (χ0n) is 15.1. The van der Waals surface area contributed by atoms with E-state index in [9.17, 15) is 19.7 Å². The SMILES string of the molecule is CCOC(=O)c1c(NC(=O)c2ccccc2[N+](=O)[O-])sc2c1C(C)CCC2. The number of carbonyl (C=O) groups excluding carboxylic acids is 2. The van der Waals surface area contributed by atoms with Crippen LogP contribution in [0.5, 0.6) is 0 Å². The molecule has 2 aromatic rings. The Hall–Kier alpha value is -2.74. The number of amides is 1. The number of thiophene rings is 1. The number of nitro benzene ring substituents is 1. The van der Waals surface area contributed by atoms with Gasteiger partial charge in [-0.2, -0.15) is 0 Å². The van der Waals surface area contributed by atoms with Crippen LogP contribution >= 0.6 is 11.3 Å². The van der Waals surface area contributed by atoms with E-state index in [2.05, 4.69) is 12.2 Å². The number of benzene rings is 1. The summed E-state index contributed by atoms with van der Waals surface area (Å²) in [6.07, 6.45) is 2.83. The predicted octanol–water partition coefficient (Wildman–Crippen LogP) is 4.53. The van der Waals surface area contributed by atoms with Gasteiger partial charge in [-0.15, -0.1) is 11.3 Å². The molecule has 1 heterocycles. The van der Waals surface area contributed by atoms with Gasteiger partial charge in [0.15, 0.2) is 0 Å². The molecular formula is C19H20N2O5S. The maximum Gasteiger partial charge on any atom is 0.341 e. The first-order valence-electron chi connectivity index (χ1n) is 8.81. The summed E-state index contributed by atoms with van der Waals surface area (Å²) in [7, 11) is 0. The fourth-order valence-corrected chi connectivity index (χ4v) is 4.75. The highest BCUT2D eigenvalue weighted by molar-refractivity contribution is 7.17. The Morgan fingerprint density at radius 3 is 2.81 bits per heavy atom. The average Bonchev–Trinajstić information content (AvgIpc) is 3.01. The minimum Gasteiger partial charge on any atom is -0.462 e. The second kappa shape index (κ2) is 7.87. The van der Waals surface area contributed by atoms with E-state index >= 15 is 0 Å². The van der Waals surface area contributed by atoms with Gasteiger partial charge < -0.3 is 10.1 Å². The summed E-state index contributed by atoms with van der Waals surface area (Å²) in [5, 5.41) is 14.3. The molecule has 1 aliphatic rings. The zero-order valence-corrected chi connectivity index (χ0v) is 15.9. The summed E-state index contributed by atoms with van der Waals surface area (Å²) < 4.78 is 5.20. The van der Waals surface area contributed by atoms with Crippen molar-refractivity contribution in [2.24, 2.45) is 0 Å². The molecule has 142 valence electrons. The van der Waals surface area contributed by atoms with E-state index in [0.717, 1.165) is 29.7 Å². The van der Waals surface area contributed by atoms with Crippen LogP contribution in [0.15, 0.2) is 24.3 Å². The molecule has 1 amide bonds. The smallest absolute Gasteiger partial charge is 0.341 e. The normalized spacial score (nSPS) is 15.7. The lowest BCUT2D eigenvalue weighted by Gasteiger charge is -2.19. The monoisotopic (exact) mass is 388 g/mol. The number of nitro groups is 1. The molecule has 0 radical (unpaired) electrons. The minimum atomic E-state index is -0.612. The van der Waals surface area contributed by atoms with Gasteiger partial charge in [-0.3, -0.25) is 14.9 Å². The van der Waals surface area contributed by atoms with Gasteiger partial charge in [0.25, 0.3) is 11.6 Å². The number of rotatable bonds is 5. The second-order valence-electron chi connectivity index (χ2n) is 6.39. The molecule has 27 heavy (non-hydrogen) atoms. The lowest BCUT2D eigenvalue weighted by Crippen LogP contribution is -2.17. The second-order valence-corrected chi connectivity index (χ2v) is 7.49. The molecular weight excluding hydrogens is 368 g/mol. The van der Waals surface area contributed by atoms with Crippen LogP contribution in [0.2, 0.25) is 0 Å². The molecule has 1 aromatic heterocycles. The van der Waals surface area contributed by atoms with Gasteiger partial charge in [0.2, 0.25) is 0 Å². The van der Waals surface area contributed by atoms with Crippen LogP contribution in [-0.4, -0.2) is 23.4 Å². The molecule has 1 N–H and O–H groups in total. The molecule has 0 aliphatic heterocycles. The molecule has 1 aliphatic carbocycles. The molecule has 0 saturated carbocycles. The number of hydrogen-bond acceptors (Lipinski definition) is 6. The van der Waals surface area contributed by atoms with Gasteiger partial charge >= 0.3 is 5.97 Å². The largest absolute Gasteiger partial charge is 0.462 e. The van der Waals surface area contributed by atoms with Crippen LogP contribution < -0.4 is 5.32 Å². The van der Waals surface area contributed by atoms with Crippen molar-refractivity contribution in [3.8, 4) is 0 Å². The van der Waals surface area contributed by atoms with Crippen LogP contribution in [0.3, 0.4) is 0 Å². The average molecular weight is 388 g/mol.